The van der Waals surface area contributed by atoms with E-state index in [1.807, 2.05) is 36.1 Å². The highest BCUT2D eigenvalue weighted by molar-refractivity contribution is 5.76. The molecule has 166 valence electrons. The average molecular weight is 435 g/mol. The Morgan fingerprint density at radius 2 is 2.00 bits per heavy atom. The number of hydrogen-bond donors (Lipinski definition) is 0. The van der Waals surface area contributed by atoms with Crippen LogP contribution in [-0.4, -0.2) is 55.0 Å². The van der Waals surface area contributed by atoms with Gasteiger partial charge in [0.15, 0.2) is 0 Å². The van der Waals surface area contributed by atoms with Crippen LogP contribution in [0.1, 0.15) is 36.0 Å². The largest absolute Gasteiger partial charge is 0.368 e. The summed E-state index contributed by atoms with van der Waals surface area (Å²) < 4.78 is 7.53. The predicted octanol–water partition coefficient (Wildman–Crippen LogP) is 2.09. The molecule has 1 aliphatic heterocycles. The first kappa shape index (κ1) is 21.8. The van der Waals surface area contributed by atoms with Gasteiger partial charge in [-0.3, -0.25) is 9.36 Å². The zero-order valence-electron chi connectivity index (χ0n) is 18.3. The molecule has 0 aromatic carbocycles. The van der Waals surface area contributed by atoms with Crippen LogP contribution in [0.15, 0.2) is 47.8 Å². The summed E-state index contributed by atoms with van der Waals surface area (Å²) in [6, 6.07) is 7.60. The zero-order valence-corrected chi connectivity index (χ0v) is 18.3. The summed E-state index contributed by atoms with van der Waals surface area (Å²) >= 11 is 0. The Balaban J connectivity index is 1.37. The van der Waals surface area contributed by atoms with E-state index in [2.05, 4.69) is 15.0 Å². The Hall–Kier alpha value is -3.46. The molecule has 1 atom stereocenters. The van der Waals surface area contributed by atoms with Gasteiger partial charge >= 0.3 is 5.69 Å². The lowest BCUT2D eigenvalue weighted by Gasteiger charge is -2.33. The van der Waals surface area contributed by atoms with Crippen molar-refractivity contribution in [3.8, 4) is 11.3 Å². The van der Waals surface area contributed by atoms with E-state index in [4.69, 9.17) is 9.72 Å². The number of amides is 1. The molecule has 9 heteroatoms. The van der Waals surface area contributed by atoms with Crippen LogP contribution in [0.4, 0.5) is 0 Å². The molecule has 0 spiro atoms. The van der Waals surface area contributed by atoms with E-state index < -0.39 is 0 Å². The van der Waals surface area contributed by atoms with Gasteiger partial charge in [0, 0.05) is 48.9 Å². The fourth-order valence-electron chi connectivity index (χ4n) is 3.87. The van der Waals surface area contributed by atoms with Crippen molar-refractivity contribution in [2.45, 2.75) is 39.3 Å². The molecule has 1 aliphatic rings. The van der Waals surface area contributed by atoms with Gasteiger partial charge in [-0.05, 0) is 38.5 Å². The molecule has 1 fully saturated rings. The maximum atomic E-state index is 12.8. The van der Waals surface area contributed by atoms with Crippen LogP contribution in [-0.2, 0) is 16.1 Å². The molecule has 0 unspecified atom stereocenters. The first-order chi connectivity index (χ1) is 15.5. The van der Waals surface area contributed by atoms with Crippen molar-refractivity contribution >= 4 is 5.91 Å². The van der Waals surface area contributed by atoms with E-state index in [0.717, 1.165) is 22.6 Å². The van der Waals surface area contributed by atoms with Crippen molar-refractivity contribution in [1.82, 2.24) is 29.4 Å². The molecular formula is C23H26N6O3. The van der Waals surface area contributed by atoms with Crippen molar-refractivity contribution in [2.24, 2.45) is 0 Å². The maximum absolute atomic E-state index is 12.8. The van der Waals surface area contributed by atoms with Crippen molar-refractivity contribution in [1.29, 1.82) is 0 Å². The highest BCUT2D eigenvalue weighted by Gasteiger charge is 2.26. The maximum Gasteiger partial charge on any atom is 0.347 e. The van der Waals surface area contributed by atoms with Crippen molar-refractivity contribution in [3.05, 3.63) is 70.6 Å². The summed E-state index contributed by atoms with van der Waals surface area (Å²) in [5.74, 6) is 0.0525. The van der Waals surface area contributed by atoms with Gasteiger partial charge in [0.25, 0.3) is 0 Å². The summed E-state index contributed by atoms with van der Waals surface area (Å²) in [5, 5.41) is 0. The van der Waals surface area contributed by atoms with E-state index in [9.17, 15) is 9.59 Å². The van der Waals surface area contributed by atoms with Crippen LogP contribution in [0, 0.1) is 13.8 Å². The van der Waals surface area contributed by atoms with Gasteiger partial charge in [-0.15, -0.1) is 0 Å². The Bertz CT molecular complexity index is 1150. The molecule has 0 radical (unpaired) electrons. The highest BCUT2D eigenvalue weighted by Crippen LogP contribution is 2.24. The third-order valence-corrected chi connectivity index (χ3v) is 5.49. The second-order valence-electron chi connectivity index (χ2n) is 7.85. The number of carbonyl (C=O) groups excluding carboxylic acids is 1. The number of aromatic nitrogens is 5. The molecule has 4 heterocycles. The summed E-state index contributed by atoms with van der Waals surface area (Å²) in [4.78, 5) is 43.5. The number of aryl methyl sites for hydroxylation is 2. The number of carbonyl (C=O) groups is 1. The van der Waals surface area contributed by atoms with Crippen molar-refractivity contribution in [2.75, 3.05) is 19.7 Å². The van der Waals surface area contributed by atoms with Crippen LogP contribution >= 0.6 is 0 Å². The Morgan fingerprint density at radius 1 is 1.19 bits per heavy atom. The third-order valence-electron chi connectivity index (χ3n) is 5.49. The minimum atomic E-state index is -0.288. The Kier molecular flexibility index (Phi) is 6.65. The van der Waals surface area contributed by atoms with Gasteiger partial charge in [0.05, 0.1) is 24.5 Å². The molecule has 0 N–H and O–H groups in total. The first-order valence-corrected chi connectivity index (χ1v) is 10.7. The standard InChI is InChI=1S/C23H26N6O3/c1-16-11-17(2)29(23(31)26-16)8-4-7-22(30)28-9-10-32-21(14-28)20-6-3-5-19(27-20)18-12-24-15-25-13-18/h3,5-6,11-13,15,21H,4,7-10,14H2,1-2H3/t21-/m0/s1. The monoisotopic (exact) mass is 434 g/mol. The third kappa shape index (κ3) is 5.05. The topological polar surface area (TPSA) is 103 Å². The predicted molar refractivity (Wildman–Crippen MR) is 118 cm³/mol. The van der Waals surface area contributed by atoms with Crippen LogP contribution in [0.25, 0.3) is 11.3 Å². The number of rotatable bonds is 6. The molecule has 32 heavy (non-hydrogen) atoms. The lowest BCUT2D eigenvalue weighted by molar-refractivity contribution is -0.139. The Morgan fingerprint density at radius 3 is 2.78 bits per heavy atom. The molecule has 1 amide bonds. The van der Waals surface area contributed by atoms with Crippen molar-refractivity contribution in [3.63, 3.8) is 0 Å². The molecule has 0 bridgehead atoms. The van der Waals surface area contributed by atoms with E-state index in [0.29, 0.717) is 44.8 Å². The fraction of sp³-hybridized carbons (Fsp3) is 0.391. The second kappa shape index (κ2) is 9.78. The smallest absolute Gasteiger partial charge is 0.347 e. The van der Waals surface area contributed by atoms with E-state index >= 15 is 0 Å². The zero-order chi connectivity index (χ0) is 22.5. The molecule has 0 aliphatic carbocycles. The molecule has 3 aromatic rings. The van der Waals surface area contributed by atoms with Gasteiger partial charge in [0.1, 0.15) is 12.4 Å². The second-order valence-corrected chi connectivity index (χ2v) is 7.85. The van der Waals surface area contributed by atoms with Crippen molar-refractivity contribution < 1.29 is 9.53 Å². The average Bonchev–Trinajstić information content (AvgIpc) is 2.81. The summed E-state index contributed by atoms with van der Waals surface area (Å²) in [5.41, 5.74) is 3.66. The SMILES string of the molecule is Cc1cc(C)n(CCCC(=O)N2CCO[C@H](c3cccc(-c4cncnc4)n3)C2)c(=O)n1. The van der Waals surface area contributed by atoms with Crippen LogP contribution < -0.4 is 5.69 Å². The molecule has 4 rings (SSSR count). The molecular weight excluding hydrogens is 408 g/mol. The molecule has 9 nitrogen and oxygen atoms in total. The van der Waals surface area contributed by atoms with Gasteiger partial charge in [0.2, 0.25) is 5.91 Å². The summed E-state index contributed by atoms with van der Waals surface area (Å²) in [7, 11) is 0. The highest BCUT2D eigenvalue weighted by atomic mass is 16.5. The number of nitrogens with zero attached hydrogens (tertiary/aromatic N) is 6. The number of pyridine rings is 1. The lowest BCUT2D eigenvalue weighted by Crippen LogP contribution is -2.42. The first-order valence-electron chi connectivity index (χ1n) is 10.7. The van der Waals surface area contributed by atoms with Gasteiger partial charge < -0.3 is 9.64 Å². The molecule has 1 saturated heterocycles. The van der Waals surface area contributed by atoms with E-state index in [1.54, 1.807) is 23.9 Å². The lowest BCUT2D eigenvalue weighted by atomic mass is 10.1. The van der Waals surface area contributed by atoms with E-state index in [1.165, 1.54) is 6.33 Å². The number of ether oxygens (including phenoxy) is 1. The van der Waals surface area contributed by atoms with Gasteiger partial charge in [-0.25, -0.2) is 19.7 Å². The summed E-state index contributed by atoms with van der Waals surface area (Å²) in [6.07, 6.45) is 5.56. The van der Waals surface area contributed by atoms with Gasteiger partial charge in [-0.1, -0.05) is 6.07 Å². The van der Waals surface area contributed by atoms with Crippen LogP contribution in [0.2, 0.25) is 0 Å². The normalized spacial score (nSPS) is 16.2. The Labute approximate surface area is 186 Å². The number of morpholine rings is 1. The molecule has 0 saturated carbocycles. The number of hydrogen-bond acceptors (Lipinski definition) is 7. The summed E-state index contributed by atoms with van der Waals surface area (Å²) in [6.45, 7) is 5.61. The quantitative estimate of drug-likeness (QED) is 0.585. The minimum Gasteiger partial charge on any atom is -0.368 e. The molecule has 3 aromatic heterocycles. The fourth-order valence-corrected chi connectivity index (χ4v) is 3.87. The minimum absolute atomic E-state index is 0.0525. The van der Waals surface area contributed by atoms with E-state index in [-0.39, 0.29) is 17.7 Å². The van der Waals surface area contributed by atoms with Gasteiger partial charge in [-0.2, -0.15) is 4.98 Å². The van der Waals surface area contributed by atoms with Crippen LogP contribution in [0.5, 0.6) is 0 Å². The van der Waals surface area contributed by atoms with Crippen LogP contribution in [0.3, 0.4) is 0 Å².